The zero-order chi connectivity index (χ0) is 7.40. The first kappa shape index (κ1) is 7.02. The van der Waals surface area contributed by atoms with Gasteiger partial charge in [0.15, 0.2) is 17.1 Å². The molecule has 1 N–H and O–H groups in total. The second-order valence-electron chi connectivity index (χ2n) is 1.68. The molecule has 3 heteroatoms. The van der Waals surface area contributed by atoms with E-state index >= 15 is 0 Å². The Labute approximate surface area is 64.1 Å². The first-order valence-electron chi connectivity index (χ1n) is 2.73. The van der Waals surface area contributed by atoms with Crippen molar-refractivity contribution in [2.24, 2.45) is 0 Å². The standard InChI is InChI=1S/C7H6O2S/c8-6-3-1-2-4-7(6)9-5-10/h1-5,8H. The Morgan fingerprint density at radius 3 is 2.70 bits per heavy atom. The average Bonchev–Trinajstić information content (AvgIpc) is 1.94. The van der Waals surface area contributed by atoms with Crippen LogP contribution in [0.4, 0.5) is 0 Å². The summed E-state index contributed by atoms with van der Waals surface area (Å²) in [6.45, 7) is 0. The summed E-state index contributed by atoms with van der Waals surface area (Å²) >= 11 is 4.44. The monoisotopic (exact) mass is 154 g/mol. The van der Waals surface area contributed by atoms with Crippen molar-refractivity contribution in [1.29, 1.82) is 0 Å². The van der Waals surface area contributed by atoms with E-state index in [0.717, 1.165) is 5.55 Å². The van der Waals surface area contributed by atoms with E-state index in [1.54, 1.807) is 18.2 Å². The van der Waals surface area contributed by atoms with Crippen LogP contribution in [0.1, 0.15) is 0 Å². The van der Waals surface area contributed by atoms with Gasteiger partial charge >= 0.3 is 0 Å². The molecule has 0 aliphatic rings. The number of hydrogen-bond acceptors (Lipinski definition) is 3. The number of phenols is 1. The molecule has 0 fully saturated rings. The molecule has 1 aromatic rings. The molecule has 2 nitrogen and oxygen atoms in total. The molecule has 0 atom stereocenters. The first-order chi connectivity index (χ1) is 4.84. The van der Waals surface area contributed by atoms with Crippen LogP contribution in [0.3, 0.4) is 0 Å². The van der Waals surface area contributed by atoms with Gasteiger partial charge in [0.05, 0.1) is 0 Å². The molecular formula is C7H6O2S. The van der Waals surface area contributed by atoms with Gasteiger partial charge in [-0.3, -0.25) is 0 Å². The highest BCUT2D eigenvalue weighted by atomic mass is 32.1. The molecule has 1 rings (SSSR count). The van der Waals surface area contributed by atoms with Crippen molar-refractivity contribution in [3.8, 4) is 11.5 Å². The van der Waals surface area contributed by atoms with Crippen molar-refractivity contribution >= 4 is 17.8 Å². The molecule has 10 heavy (non-hydrogen) atoms. The third-order valence-corrected chi connectivity index (χ3v) is 1.14. The fourth-order valence-electron chi connectivity index (χ4n) is 0.609. The van der Waals surface area contributed by atoms with Crippen molar-refractivity contribution in [2.75, 3.05) is 0 Å². The van der Waals surface area contributed by atoms with E-state index in [1.165, 1.54) is 6.07 Å². The maximum absolute atomic E-state index is 9.05. The number of para-hydroxylation sites is 2. The lowest BCUT2D eigenvalue weighted by molar-refractivity contribution is 0.441. The maximum Gasteiger partial charge on any atom is 0.169 e. The summed E-state index contributed by atoms with van der Waals surface area (Å²) in [6, 6.07) is 6.64. The summed E-state index contributed by atoms with van der Waals surface area (Å²) in [5.74, 6) is 0.487. The molecule has 0 spiro atoms. The van der Waals surface area contributed by atoms with E-state index in [4.69, 9.17) is 9.84 Å². The van der Waals surface area contributed by atoms with Crippen molar-refractivity contribution in [3.63, 3.8) is 0 Å². The highest BCUT2D eigenvalue weighted by Gasteiger charge is 1.95. The molecule has 0 saturated carbocycles. The number of phenolic OH excluding ortho intramolecular Hbond substituents is 1. The normalized spacial score (nSPS) is 8.80. The predicted octanol–water partition coefficient (Wildman–Crippen LogP) is 1.73. The summed E-state index contributed by atoms with van der Waals surface area (Å²) in [4.78, 5) is 0. The Kier molecular flexibility index (Phi) is 2.23. The Morgan fingerprint density at radius 2 is 2.10 bits per heavy atom. The second-order valence-corrected chi connectivity index (χ2v) is 1.87. The van der Waals surface area contributed by atoms with E-state index in [-0.39, 0.29) is 5.75 Å². The molecular weight excluding hydrogens is 148 g/mol. The van der Waals surface area contributed by atoms with Crippen molar-refractivity contribution in [3.05, 3.63) is 24.3 Å². The zero-order valence-electron chi connectivity index (χ0n) is 5.15. The summed E-state index contributed by atoms with van der Waals surface area (Å²) in [5.41, 5.74) is 1.11. The molecule has 0 bridgehead atoms. The van der Waals surface area contributed by atoms with Crippen LogP contribution < -0.4 is 4.74 Å². The van der Waals surface area contributed by atoms with Crippen molar-refractivity contribution in [2.45, 2.75) is 0 Å². The van der Waals surface area contributed by atoms with Crippen molar-refractivity contribution < 1.29 is 9.84 Å². The molecule has 0 aromatic heterocycles. The lowest BCUT2D eigenvalue weighted by Crippen LogP contribution is -1.85. The topological polar surface area (TPSA) is 29.5 Å². The van der Waals surface area contributed by atoms with Gasteiger partial charge < -0.3 is 9.84 Å². The Bertz CT molecular complexity index is 235. The summed E-state index contributed by atoms with van der Waals surface area (Å²) in [7, 11) is 0. The van der Waals surface area contributed by atoms with Crippen LogP contribution in [0, 0.1) is 0 Å². The van der Waals surface area contributed by atoms with Gasteiger partial charge in [0.1, 0.15) is 0 Å². The molecule has 52 valence electrons. The van der Waals surface area contributed by atoms with Crippen LogP contribution >= 0.6 is 12.2 Å². The number of benzene rings is 1. The molecule has 0 aliphatic heterocycles. The van der Waals surface area contributed by atoms with Crippen LogP contribution in [0.2, 0.25) is 0 Å². The summed E-state index contributed by atoms with van der Waals surface area (Å²) in [5, 5.41) is 9.05. The average molecular weight is 154 g/mol. The van der Waals surface area contributed by atoms with Crippen molar-refractivity contribution in [1.82, 2.24) is 0 Å². The van der Waals surface area contributed by atoms with E-state index in [1.807, 2.05) is 0 Å². The number of rotatable bonds is 2. The number of aromatic hydroxyl groups is 1. The van der Waals surface area contributed by atoms with Crippen LogP contribution in [0.15, 0.2) is 24.3 Å². The lowest BCUT2D eigenvalue weighted by atomic mass is 10.3. The van der Waals surface area contributed by atoms with Gasteiger partial charge in [0.2, 0.25) is 0 Å². The third-order valence-electron chi connectivity index (χ3n) is 1.04. The van der Waals surface area contributed by atoms with E-state index in [0.29, 0.717) is 5.75 Å². The highest BCUT2D eigenvalue weighted by Crippen LogP contribution is 2.23. The number of hydrogen-bond donors (Lipinski definition) is 1. The molecule has 0 radical (unpaired) electrons. The minimum absolute atomic E-state index is 0.101. The van der Waals surface area contributed by atoms with Gasteiger partial charge in [-0.2, -0.15) is 0 Å². The van der Waals surface area contributed by atoms with Crippen LogP contribution in [0.25, 0.3) is 0 Å². The molecule has 0 heterocycles. The lowest BCUT2D eigenvalue weighted by Gasteiger charge is -1.99. The van der Waals surface area contributed by atoms with Crippen LogP contribution in [-0.2, 0) is 0 Å². The Hall–Kier alpha value is -1.09. The largest absolute Gasteiger partial charge is 0.504 e. The molecule has 0 unspecified atom stereocenters. The van der Waals surface area contributed by atoms with Gasteiger partial charge in [0.25, 0.3) is 0 Å². The van der Waals surface area contributed by atoms with E-state index in [9.17, 15) is 0 Å². The van der Waals surface area contributed by atoms with Gasteiger partial charge in [-0.1, -0.05) is 12.1 Å². The molecule has 0 aliphatic carbocycles. The number of ether oxygens (including phenoxy) is 1. The quantitative estimate of drug-likeness (QED) is 0.658. The second kappa shape index (κ2) is 3.17. The van der Waals surface area contributed by atoms with Gasteiger partial charge in [0, 0.05) is 0 Å². The third kappa shape index (κ3) is 1.45. The molecule has 1 aromatic carbocycles. The Balaban J connectivity index is 2.91. The van der Waals surface area contributed by atoms with Crippen LogP contribution in [0.5, 0.6) is 11.5 Å². The summed E-state index contributed by atoms with van der Waals surface area (Å²) in [6.07, 6.45) is 0. The Morgan fingerprint density at radius 1 is 1.40 bits per heavy atom. The number of thiocarbonyl (C=S) groups is 1. The maximum atomic E-state index is 9.05. The van der Waals surface area contributed by atoms with Gasteiger partial charge in [-0.05, 0) is 24.4 Å². The van der Waals surface area contributed by atoms with Gasteiger partial charge in [-0.25, -0.2) is 0 Å². The highest BCUT2D eigenvalue weighted by molar-refractivity contribution is 7.78. The molecule has 0 saturated heterocycles. The van der Waals surface area contributed by atoms with E-state index < -0.39 is 0 Å². The SMILES string of the molecule is Oc1ccccc1OC=S. The smallest absolute Gasteiger partial charge is 0.169 e. The summed E-state index contributed by atoms with van der Waals surface area (Å²) < 4.78 is 4.78. The fourth-order valence-corrected chi connectivity index (χ4v) is 0.712. The fraction of sp³-hybridized carbons (Fsp3) is 0. The molecule has 0 amide bonds. The van der Waals surface area contributed by atoms with E-state index in [2.05, 4.69) is 12.2 Å². The minimum atomic E-state index is 0.101. The predicted molar refractivity (Wildman–Crippen MR) is 42.4 cm³/mol. The minimum Gasteiger partial charge on any atom is -0.504 e. The zero-order valence-corrected chi connectivity index (χ0v) is 5.97. The first-order valence-corrected chi connectivity index (χ1v) is 3.20. The van der Waals surface area contributed by atoms with Gasteiger partial charge in [-0.15, -0.1) is 0 Å². The van der Waals surface area contributed by atoms with Crippen LogP contribution in [-0.4, -0.2) is 10.7 Å².